The minimum absolute atomic E-state index is 0.122. The van der Waals surface area contributed by atoms with E-state index in [1.165, 1.54) is 12.3 Å². The number of aromatic nitrogens is 1. The van der Waals surface area contributed by atoms with Gasteiger partial charge in [0, 0.05) is 31.2 Å². The van der Waals surface area contributed by atoms with Crippen molar-refractivity contribution in [1.82, 2.24) is 10.3 Å². The van der Waals surface area contributed by atoms with Gasteiger partial charge in [-0.05, 0) is 25.7 Å². The first-order chi connectivity index (χ1) is 9.95. The zero-order chi connectivity index (χ0) is 15.2. The second-order valence-electron chi connectivity index (χ2n) is 6.22. The zero-order valence-corrected chi connectivity index (χ0v) is 12.0. The fourth-order valence-electron chi connectivity index (χ4n) is 3.62. The van der Waals surface area contributed by atoms with E-state index in [1.807, 2.05) is 6.07 Å². The van der Waals surface area contributed by atoms with E-state index < -0.39 is 4.92 Å². The Hall–Kier alpha value is -2.20. The molecule has 7 nitrogen and oxygen atoms in total. The van der Waals surface area contributed by atoms with Crippen molar-refractivity contribution >= 4 is 11.5 Å². The van der Waals surface area contributed by atoms with Gasteiger partial charge in [0.25, 0.3) is 5.69 Å². The summed E-state index contributed by atoms with van der Waals surface area (Å²) >= 11 is 0. The molecule has 2 fully saturated rings. The van der Waals surface area contributed by atoms with Crippen LogP contribution in [0.25, 0.3) is 0 Å². The predicted octanol–water partition coefficient (Wildman–Crippen LogP) is 1.30. The number of fused-ring (bicyclic) bond motifs is 1. The Morgan fingerprint density at radius 1 is 1.57 bits per heavy atom. The summed E-state index contributed by atoms with van der Waals surface area (Å²) in [5, 5.41) is 23.5. The summed E-state index contributed by atoms with van der Waals surface area (Å²) in [5.41, 5.74) is 0.00229. The summed E-state index contributed by atoms with van der Waals surface area (Å²) in [4.78, 5) is 16.6. The fraction of sp³-hybridized carbons (Fsp3) is 0.571. The first kappa shape index (κ1) is 13.8. The minimum atomic E-state index is -0.522. The fourth-order valence-corrected chi connectivity index (χ4v) is 3.62. The van der Waals surface area contributed by atoms with Crippen LogP contribution in [0.2, 0.25) is 0 Å². The van der Waals surface area contributed by atoms with E-state index in [2.05, 4.69) is 29.0 Å². The molecule has 0 aliphatic carbocycles. The Labute approximate surface area is 122 Å². The van der Waals surface area contributed by atoms with Crippen LogP contribution in [0.1, 0.15) is 19.4 Å². The number of nitrogens with zero attached hydrogens (tertiary/aromatic N) is 4. The summed E-state index contributed by atoms with van der Waals surface area (Å²) < 4.78 is 0. The van der Waals surface area contributed by atoms with Crippen molar-refractivity contribution in [2.24, 2.45) is 11.8 Å². The Morgan fingerprint density at radius 2 is 2.33 bits per heavy atom. The van der Waals surface area contributed by atoms with Crippen LogP contribution in [-0.4, -0.2) is 35.1 Å². The number of pyridine rings is 1. The Kier molecular flexibility index (Phi) is 3.06. The summed E-state index contributed by atoms with van der Waals surface area (Å²) in [6, 6.07) is 3.36. The lowest BCUT2D eigenvalue weighted by Gasteiger charge is -2.36. The molecule has 2 aliphatic heterocycles. The van der Waals surface area contributed by atoms with E-state index in [9.17, 15) is 15.4 Å². The monoisotopic (exact) mass is 287 g/mol. The molecule has 3 heterocycles. The second-order valence-corrected chi connectivity index (χ2v) is 6.22. The Morgan fingerprint density at radius 3 is 2.95 bits per heavy atom. The van der Waals surface area contributed by atoms with Crippen LogP contribution in [-0.2, 0) is 0 Å². The molecular formula is C14H17N5O2. The average molecular weight is 287 g/mol. The van der Waals surface area contributed by atoms with E-state index in [0.717, 1.165) is 19.6 Å². The van der Waals surface area contributed by atoms with Crippen molar-refractivity contribution in [3.63, 3.8) is 0 Å². The van der Waals surface area contributed by atoms with Crippen molar-refractivity contribution in [1.29, 1.82) is 5.26 Å². The average Bonchev–Trinajstić information content (AvgIpc) is 3.00. The van der Waals surface area contributed by atoms with Gasteiger partial charge in [-0.15, -0.1) is 0 Å². The van der Waals surface area contributed by atoms with Crippen LogP contribution in [0.15, 0.2) is 12.3 Å². The highest BCUT2D eigenvalue weighted by molar-refractivity contribution is 5.59. The summed E-state index contributed by atoms with van der Waals surface area (Å²) in [7, 11) is 0. The van der Waals surface area contributed by atoms with Crippen LogP contribution < -0.4 is 10.2 Å². The molecule has 2 atom stereocenters. The summed E-state index contributed by atoms with van der Waals surface area (Å²) in [6.45, 7) is 7.05. The third-order valence-electron chi connectivity index (χ3n) is 4.80. The first-order valence-corrected chi connectivity index (χ1v) is 6.98. The zero-order valence-electron chi connectivity index (χ0n) is 12.0. The molecule has 0 radical (unpaired) electrons. The molecule has 7 heteroatoms. The normalized spacial score (nSPS) is 26.4. The molecule has 0 amide bonds. The van der Waals surface area contributed by atoms with Gasteiger partial charge < -0.3 is 10.2 Å². The van der Waals surface area contributed by atoms with Gasteiger partial charge in [0.05, 0.1) is 4.92 Å². The highest BCUT2D eigenvalue weighted by Crippen LogP contribution is 2.43. The van der Waals surface area contributed by atoms with Gasteiger partial charge in [-0.3, -0.25) is 10.1 Å². The van der Waals surface area contributed by atoms with Crippen LogP contribution in [0.4, 0.5) is 11.5 Å². The highest BCUT2D eigenvalue weighted by atomic mass is 16.6. The number of anilines is 1. The molecule has 21 heavy (non-hydrogen) atoms. The molecule has 110 valence electrons. The van der Waals surface area contributed by atoms with Gasteiger partial charge in [-0.2, -0.15) is 5.26 Å². The molecule has 0 saturated carbocycles. The Balaban J connectivity index is 2.01. The van der Waals surface area contributed by atoms with Gasteiger partial charge in [0.1, 0.15) is 23.6 Å². The molecule has 0 spiro atoms. The van der Waals surface area contributed by atoms with Crippen LogP contribution in [0.3, 0.4) is 0 Å². The van der Waals surface area contributed by atoms with Crippen molar-refractivity contribution < 1.29 is 4.92 Å². The van der Waals surface area contributed by atoms with Gasteiger partial charge in [0.2, 0.25) is 0 Å². The number of hydrogen-bond donors (Lipinski definition) is 1. The van der Waals surface area contributed by atoms with Gasteiger partial charge >= 0.3 is 0 Å². The van der Waals surface area contributed by atoms with Gasteiger partial charge in [0.15, 0.2) is 0 Å². The molecular weight excluding hydrogens is 270 g/mol. The number of nitriles is 1. The minimum Gasteiger partial charge on any atom is -0.350 e. The van der Waals surface area contributed by atoms with Crippen molar-refractivity contribution in [3.05, 3.63) is 27.9 Å². The first-order valence-electron chi connectivity index (χ1n) is 6.98. The van der Waals surface area contributed by atoms with E-state index in [0.29, 0.717) is 17.7 Å². The summed E-state index contributed by atoms with van der Waals surface area (Å²) in [6.07, 6.45) is 1.23. The SMILES string of the molecule is CC1(C)C2CNCC2CN1c1ncc([N+](=O)[O-])cc1C#N. The van der Waals surface area contributed by atoms with Crippen LogP contribution in [0.5, 0.6) is 0 Å². The van der Waals surface area contributed by atoms with Crippen LogP contribution >= 0.6 is 0 Å². The molecule has 3 rings (SSSR count). The molecule has 1 aromatic rings. The lowest BCUT2D eigenvalue weighted by molar-refractivity contribution is -0.385. The molecule has 0 bridgehead atoms. The quantitative estimate of drug-likeness (QED) is 0.650. The maximum atomic E-state index is 10.8. The van der Waals surface area contributed by atoms with Crippen LogP contribution in [0, 0.1) is 33.3 Å². The van der Waals surface area contributed by atoms with E-state index in [4.69, 9.17) is 0 Å². The standard InChI is InChI=1S/C14H17N5O2/c1-14(2)12-7-16-5-10(12)8-18(14)13-9(4-15)3-11(6-17-13)19(20)21/h3,6,10,12,16H,5,7-8H2,1-2H3. The van der Waals surface area contributed by atoms with E-state index in [-0.39, 0.29) is 16.8 Å². The Bertz CT molecular complexity index is 637. The molecule has 2 saturated heterocycles. The number of nitrogens with one attached hydrogen (secondary N) is 1. The van der Waals surface area contributed by atoms with Gasteiger partial charge in [-0.1, -0.05) is 0 Å². The summed E-state index contributed by atoms with van der Waals surface area (Å²) in [5.74, 6) is 1.59. The largest absolute Gasteiger partial charge is 0.350 e. The molecule has 1 N–H and O–H groups in total. The number of hydrogen-bond acceptors (Lipinski definition) is 6. The lowest BCUT2D eigenvalue weighted by atomic mass is 9.85. The third-order valence-corrected chi connectivity index (χ3v) is 4.80. The predicted molar refractivity (Wildman–Crippen MR) is 76.9 cm³/mol. The second kappa shape index (κ2) is 4.67. The molecule has 0 aromatic carbocycles. The smallest absolute Gasteiger partial charge is 0.289 e. The van der Waals surface area contributed by atoms with E-state index in [1.54, 1.807) is 0 Å². The molecule has 2 aliphatic rings. The van der Waals surface area contributed by atoms with Crippen molar-refractivity contribution in [3.8, 4) is 6.07 Å². The van der Waals surface area contributed by atoms with Crippen molar-refractivity contribution in [2.75, 3.05) is 24.5 Å². The lowest BCUT2D eigenvalue weighted by Crippen LogP contribution is -2.45. The number of nitro groups is 1. The van der Waals surface area contributed by atoms with Gasteiger partial charge in [-0.25, -0.2) is 4.98 Å². The molecule has 1 aromatic heterocycles. The van der Waals surface area contributed by atoms with E-state index >= 15 is 0 Å². The maximum absolute atomic E-state index is 10.8. The molecule has 2 unspecified atom stereocenters. The van der Waals surface area contributed by atoms with Crippen molar-refractivity contribution in [2.45, 2.75) is 19.4 Å². The maximum Gasteiger partial charge on any atom is 0.289 e. The third kappa shape index (κ3) is 2.03. The number of rotatable bonds is 2. The highest BCUT2D eigenvalue weighted by Gasteiger charge is 2.50. The topological polar surface area (TPSA) is 95.1 Å².